The molecule has 0 bridgehead atoms. The summed E-state index contributed by atoms with van der Waals surface area (Å²) in [6, 6.07) is 0.340. The lowest BCUT2D eigenvalue weighted by Gasteiger charge is -2.18. The zero-order chi connectivity index (χ0) is 8.72. The normalized spacial score (nSPS) is 22.4. The van der Waals surface area contributed by atoms with Gasteiger partial charge < -0.3 is 5.73 Å². The minimum atomic E-state index is 0.340. The van der Waals surface area contributed by atoms with Crippen LogP contribution in [0.5, 0.6) is 0 Å². The number of rotatable bonds is 0. The smallest absolute Gasteiger partial charge is 0.0628 e. The number of hydrogen-bond acceptors (Lipinski definition) is 2. The van der Waals surface area contributed by atoms with Crippen molar-refractivity contribution in [3.63, 3.8) is 0 Å². The van der Waals surface area contributed by atoms with E-state index in [1.165, 1.54) is 17.0 Å². The minimum absolute atomic E-state index is 0.340. The molecule has 2 rings (SSSR count). The van der Waals surface area contributed by atoms with Gasteiger partial charge in [-0.3, -0.25) is 4.68 Å². The largest absolute Gasteiger partial charge is 0.327 e. The molecule has 0 fully saturated rings. The second kappa shape index (κ2) is 2.59. The van der Waals surface area contributed by atoms with Gasteiger partial charge in [0.05, 0.1) is 5.69 Å². The summed E-state index contributed by atoms with van der Waals surface area (Å²) >= 11 is 0. The average Bonchev–Trinajstić information content (AvgIpc) is 2.28. The van der Waals surface area contributed by atoms with Crippen LogP contribution < -0.4 is 5.73 Å². The van der Waals surface area contributed by atoms with Crippen LogP contribution in [-0.2, 0) is 19.9 Å². The predicted molar refractivity (Wildman–Crippen MR) is 47.9 cm³/mol. The maximum absolute atomic E-state index is 5.89. The molecule has 0 saturated carbocycles. The van der Waals surface area contributed by atoms with Crippen LogP contribution in [0.15, 0.2) is 0 Å². The van der Waals surface area contributed by atoms with Gasteiger partial charge in [-0.05, 0) is 25.3 Å². The van der Waals surface area contributed by atoms with E-state index < -0.39 is 0 Å². The molecule has 12 heavy (non-hydrogen) atoms. The molecular formula is C9H15N3. The van der Waals surface area contributed by atoms with E-state index in [1.54, 1.807) is 0 Å². The van der Waals surface area contributed by atoms with Gasteiger partial charge in [-0.2, -0.15) is 5.10 Å². The van der Waals surface area contributed by atoms with Crippen LogP contribution in [0, 0.1) is 6.92 Å². The third-order valence-electron chi connectivity index (χ3n) is 2.70. The van der Waals surface area contributed by atoms with E-state index in [0.717, 1.165) is 19.3 Å². The van der Waals surface area contributed by atoms with Crippen LogP contribution in [0.2, 0.25) is 0 Å². The van der Waals surface area contributed by atoms with Gasteiger partial charge in [-0.1, -0.05) is 0 Å². The molecule has 3 nitrogen and oxygen atoms in total. The van der Waals surface area contributed by atoms with Crippen LogP contribution in [-0.4, -0.2) is 15.8 Å². The summed E-state index contributed by atoms with van der Waals surface area (Å²) in [7, 11) is 2.00. The molecular weight excluding hydrogens is 150 g/mol. The lowest BCUT2D eigenvalue weighted by atomic mass is 9.92. The molecule has 0 spiro atoms. The second-order valence-corrected chi connectivity index (χ2v) is 3.64. The van der Waals surface area contributed by atoms with E-state index in [4.69, 9.17) is 5.73 Å². The van der Waals surface area contributed by atoms with Gasteiger partial charge >= 0.3 is 0 Å². The quantitative estimate of drug-likeness (QED) is 0.610. The van der Waals surface area contributed by atoms with Gasteiger partial charge in [0.2, 0.25) is 0 Å². The summed E-state index contributed by atoms with van der Waals surface area (Å²) in [5.74, 6) is 0. The molecule has 2 N–H and O–H groups in total. The molecule has 1 aliphatic carbocycles. The van der Waals surface area contributed by atoms with Crippen molar-refractivity contribution < 1.29 is 0 Å². The molecule has 1 unspecified atom stereocenters. The van der Waals surface area contributed by atoms with E-state index in [9.17, 15) is 0 Å². The predicted octanol–water partition coefficient (Wildman–Crippen LogP) is 0.545. The zero-order valence-electron chi connectivity index (χ0n) is 7.67. The summed E-state index contributed by atoms with van der Waals surface area (Å²) in [5, 5.41) is 4.39. The molecule has 0 radical (unpaired) electrons. The summed E-state index contributed by atoms with van der Waals surface area (Å²) in [6.07, 6.45) is 3.21. The maximum Gasteiger partial charge on any atom is 0.0628 e. The molecule has 1 heterocycles. The van der Waals surface area contributed by atoms with Gasteiger partial charge in [0.15, 0.2) is 0 Å². The van der Waals surface area contributed by atoms with Crippen molar-refractivity contribution in [2.24, 2.45) is 12.8 Å². The van der Waals surface area contributed by atoms with Gasteiger partial charge in [-0.25, -0.2) is 0 Å². The van der Waals surface area contributed by atoms with E-state index >= 15 is 0 Å². The SMILES string of the molecule is Cc1nn(C)c2c1CCC(N)C2. The van der Waals surface area contributed by atoms with E-state index in [-0.39, 0.29) is 0 Å². The summed E-state index contributed by atoms with van der Waals surface area (Å²) in [5.41, 5.74) is 9.84. The Morgan fingerprint density at radius 2 is 2.33 bits per heavy atom. The number of aryl methyl sites for hydroxylation is 2. The topological polar surface area (TPSA) is 43.8 Å². The van der Waals surface area contributed by atoms with E-state index in [1.807, 2.05) is 11.7 Å². The Bertz CT molecular complexity index is 301. The first-order valence-corrected chi connectivity index (χ1v) is 4.45. The highest BCUT2D eigenvalue weighted by Crippen LogP contribution is 2.22. The lowest BCUT2D eigenvalue weighted by molar-refractivity contribution is 0.547. The van der Waals surface area contributed by atoms with Gasteiger partial charge in [-0.15, -0.1) is 0 Å². The van der Waals surface area contributed by atoms with Crippen molar-refractivity contribution in [2.75, 3.05) is 0 Å². The molecule has 1 atom stereocenters. The molecule has 0 aromatic carbocycles. The molecule has 0 aliphatic heterocycles. The molecule has 0 amide bonds. The van der Waals surface area contributed by atoms with Gasteiger partial charge in [0.25, 0.3) is 0 Å². The number of nitrogens with two attached hydrogens (primary N) is 1. The van der Waals surface area contributed by atoms with Crippen molar-refractivity contribution in [3.05, 3.63) is 17.0 Å². The summed E-state index contributed by atoms with van der Waals surface area (Å²) in [4.78, 5) is 0. The van der Waals surface area contributed by atoms with Crippen LogP contribution in [0.25, 0.3) is 0 Å². The number of nitrogens with zero attached hydrogens (tertiary/aromatic N) is 2. The highest BCUT2D eigenvalue weighted by molar-refractivity contribution is 5.28. The minimum Gasteiger partial charge on any atom is -0.327 e. The Morgan fingerprint density at radius 3 is 3.08 bits per heavy atom. The summed E-state index contributed by atoms with van der Waals surface area (Å²) in [6.45, 7) is 2.08. The van der Waals surface area contributed by atoms with Crippen LogP contribution in [0.1, 0.15) is 23.4 Å². The van der Waals surface area contributed by atoms with Crippen molar-refractivity contribution in [3.8, 4) is 0 Å². The van der Waals surface area contributed by atoms with E-state index in [0.29, 0.717) is 6.04 Å². The fourth-order valence-corrected chi connectivity index (χ4v) is 2.01. The highest BCUT2D eigenvalue weighted by Gasteiger charge is 2.20. The number of fused-ring (bicyclic) bond motifs is 1. The zero-order valence-corrected chi connectivity index (χ0v) is 7.67. The van der Waals surface area contributed by atoms with Crippen molar-refractivity contribution in [2.45, 2.75) is 32.2 Å². The lowest BCUT2D eigenvalue weighted by Crippen LogP contribution is -2.28. The molecule has 1 aromatic heterocycles. The van der Waals surface area contributed by atoms with Crippen LogP contribution in [0.4, 0.5) is 0 Å². The molecule has 3 heteroatoms. The highest BCUT2D eigenvalue weighted by atomic mass is 15.3. The fraction of sp³-hybridized carbons (Fsp3) is 0.667. The Balaban J connectivity index is 2.45. The second-order valence-electron chi connectivity index (χ2n) is 3.64. The Labute approximate surface area is 72.6 Å². The van der Waals surface area contributed by atoms with Crippen molar-refractivity contribution >= 4 is 0 Å². The molecule has 0 saturated heterocycles. The Morgan fingerprint density at radius 1 is 1.58 bits per heavy atom. The van der Waals surface area contributed by atoms with Crippen LogP contribution in [0.3, 0.4) is 0 Å². The maximum atomic E-state index is 5.89. The molecule has 66 valence electrons. The Hall–Kier alpha value is -0.830. The van der Waals surface area contributed by atoms with Gasteiger partial charge in [0, 0.05) is 25.2 Å². The van der Waals surface area contributed by atoms with Crippen LogP contribution >= 0.6 is 0 Å². The van der Waals surface area contributed by atoms with E-state index in [2.05, 4.69) is 12.0 Å². The number of hydrogen-bond donors (Lipinski definition) is 1. The Kier molecular flexibility index (Phi) is 1.68. The molecule has 1 aromatic rings. The first-order valence-electron chi connectivity index (χ1n) is 4.45. The van der Waals surface area contributed by atoms with Crippen molar-refractivity contribution in [1.29, 1.82) is 0 Å². The third kappa shape index (κ3) is 1.05. The first kappa shape index (κ1) is 7.80. The van der Waals surface area contributed by atoms with Gasteiger partial charge in [0.1, 0.15) is 0 Å². The summed E-state index contributed by atoms with van der Waals surface area (Å²) < 4.78 is 1.98. The molecule has 1 aliphatic rings. The van der Waals surface area contributed by atoms with Crippen molar-refractivity contribution in [1.82, 2.24) is 9.78 Å². The first-order chi connectivity index (χ1) is 5.68. The average molecular weight is 165 g/mol. The number of aromatic nitrogens is 2. The fourth-order valence-electron chi connectivity index (χ4n) is 2.01. The monoisotopic (exact) mass is 165 g/mol. The third-order valence-corrected chi connectivity index (χ3v) is 2.70. The standard InChI is InChI=1S/C9H15N3/c1-6-8-4-3-7(10)5-9(8)12(2)11-6/h7H,3-5,10H2,1-2H3.